The molecule has 2 aliphatic heterocycles. The Morgan fingerprint density at radius 2 is 1.50 bits per heavy atom. The first kappa shape index (κ1) is 28.5. The van der Waals surface area contributed by atoms with E-state index in [1.165, 1.54) is 109 Å². The molecule has 0 N–H and O–H groups in total. The van der Waals surface area contributed by atoms with E-state index in [9.17, 15) is 0 Å². The molecule has 4 aromatic heterocycles. The number of pyridine rings is 2. The van der Waals surface area contributed by atoms with E-state index in [0.717, 1.165) is 25.0 Å². The molecule has 2 unspecified atom stereocenters. The number of rotatable bonds is 1. The zero-order valence-electron chi connectivity index (χ0n) is 28.7. The van der Waals surface area contributed by atoms with Gasteiger partial charge in [0, 0.05) is 56.8 Å². The minimum atomic E-state index is 0.287. The van der Waals surface area contributed by atoms with E-state index in [-0.39, 0.29) is 6.04 Å². The van der Waals surface area contributed by atoms with E-state index < -0.39 is 0 Å². The average Bonchev–Trinajstić information content (AvgIpc) is 3.88. The molecule has 8 aromatic rings. The molecule has 2 atom stereocenters. The van der Waals surface area contributed by atoms with Gasteiger partial charge >= 0.3 is 0 Å². The van der Waals surface area contributed by atoms with Crippen LogP contribution < -0.4 is 9.13 Å². The lowest BCUT2D eigenvalue weighted by Gasteiger charge is -2.31. The van der Waals surface area contributed by atoms with E-state index in [1.807, 2.05) is 0 Å². The van der Waals surface area contributed by atoms with Gasteiger partial charge in [-0.25, -0.2) is 0 Å². The molecule has 0 saturated heterocycles. The lowest BCUT2D eigenvalue weighted by atomic mass is 9.77. The summed E-state index contributed by atoms with van der Waals surface area (Å²) >= 11 is 0. The second-order valence-electron chi connectivity index (χ2n) is 15.4. The summed E-state index contributed by atoms with van der Waals surface area (Å²) in [5.41, 5.74) is 16.2. The van der Waals surface area contributed by atoms with Crippen molar-refractivity contribution in [2.24, 2.45) is 0 Å². The third-order valence-corrected chi connectivity index (χ3v) is 12.6. The van der Waals surface area contributed by atoms with Crippen LogP contribution in [0.4, 0.5) is 0 Å². The van der Waals surface area contributed by atoms with Crippen molar-refractivity contribution in [1.82, 2.24) is 4.40 Å². The Balaban J connectivity index is 1.18. The largest absolute Gasteiger partial charge is 0.308 e. The van der Waals surface area contributed by atoms with Crippen LogP contribution in [0.3, 0.4) is 0 Å². The Morgan fingerprint density at radius 1 is 0.700 bits per heavy atom. The smallest absolute Gasteiger partial charge is 0.218 e. The standard InChI is InChI=1S/C47H41N3/c1-29-18-21-43-35-14-6-5-13-34(35)37-20-19-32-26-46-39(27-38(32)42-16-9-10-22-48(42)30(2)23-45(37)49(43)28-29)41-25-33(31-11-3-4-12-31)24-40-36-15-7-8-17-44(36)50(46)47(40)41/h5-10,13-18,21-22,24-28,31,37,45H,2-4,11-12,19-20,23H2,1H3/q+2. The fourth-order valence-electron chi connectivity index (χ4n) is 10.3. The zero-order valence-corrected chi connectivity index (χ0v) is 28.7. The second-order valence-corrected chi connectivity index (χ2v) is 15.4. The fourth-order valence-corrected chi connectivity index (χ4v) is 10.3. The van der Waals surface area contributed by atoms with Gasteiger partial charge in [-0.15, -0.1) is 0 Å². The molecule has 0 spiro atoms. The number of nitrogens with zero attached hydrogens (tertiary/aromatic N) is 3. The Kier molecular flexibility index (Phi) is 6.06. The normalized spacial score (nSPS) is 19.1. The number of benzene rings is 4. The number of para-hydroxylation sites is 1. The van der Waals surface area contributed by atoms with Gasteiger partial charge in [0.1, 0.15) is 0 Å². The van der Waals surface area contributed by atoms with Crippen molar-refractivity contribution >= 4 is 43.8 Å². The van der Waals surface area contributed by atoms with Crippen molar-refractivity contribution < 1.29 is 9.13 Å². The first-order chi connectivity index (χ1) is 24.6. The number of hydrogen-bond donors (Lipinski definition) is 0. The molecule has 3 nitrogen and oxygen atoms in total. The minimum absolute atomic E-state index is 0.287. The highest BCUT2D eigenvalue weighted by molar-refractivity contribution is 6.24. The number of fused-ring (bicyclic) bond motifs is 15. The van der Waals surface area contributed by atoms with Gasteiger partial charge in [-0.2, -0.15) is 9.13 Å². The highest BCUT2D eigenvalue weighted by Gasteiger charge is 2.42. The van der Waals surface area contributed by atoms with Crippen LogP contribution in [0.2, 0.25) is 0 Å². The van der Waals surface area contributed by atoms with Gasteiger partial charge in [-0.1, -0.05) is 49.2 Å². The molecule has 6 heterocycles. The van der Waals surface area contributed by atoms with Crippen molar-refractivity contribution in [2.75, 3.05) is 0 Å². The van der Waals surface area contributed by atoms with Crippen LogP contribution >= 0.6 is 0 Å². The molecular formula is C47H41N3+2. The van der Waals surface area contributed by atoms with Crippen molar-refractivity contribution in [3.05, 3.63) is 144 Å². The maximum atomic E-state index is 4.81. The third-order valence-electron chi connectivity index (χ3n) is 12.6. The second kappa shape index (κ2) is 10.6. The molecule has 1 fully saturated rings. The number of aromatic nitrogens is 3. The minimum Gasteiger partial charge on any atom is -0.308 e. The fraction of sp³-hybridized carbons (Fsp3) is 0.234. The van der Waals surface area contributed by atoms with Crippen molar-refractivity contribution in [3.63, 3.8) is 0 Å². The predicted molar refractivity (Wildman–Crippen MR) is 205 cm³/mol. The van der Waals surface area contributed by atoms with Crippen LogP contribution in [0.5, 0.6) is 0 Å². The van der Waals surface area contributed by atoms with Gasteiger partial charge in [0.2, 0.25) is 11.4 Å². The van der Waals surface area contributed by atoms with Gasteiger partial charge in [0.25, 0.3) is 0 Å². The molecule has 11 rings (SSSR count). The van der Waals surface area contributed by atoms with Crippen molar-refractivity contribution in [1.29, 1.82) is 0 Å². The Morgan fingerprint density at radius 3 is 2.40 bits per heavy atom. The molecule has 1 saturated carbocycles. The van der Waals surface area contributed by atoms with Crippen LogP contribution in [-0.4, -0.2) is 4.40 Å². The molecule has 0 radical (unpaired) electrons. The average molecular weight is 648 g/mol. The summed E-state index contributed by atoms with van der Waals surface area (Å²) < 4.78 is 7.54. The predicted octanol–water partition coefficient (Wildman–Crippen LogP) is 10.9. The third kappa shape index (κ3) is 3.98. The van der Waals surface area contributed by atoms with Gasteiger partial charge < -0.3 is 4.40 Å². The van der Waals surface area contributed by atoms with Gasteiger partial charge in [0.15, 0.2) is 24.1 Å². The maximum absolute atomic E-state index is 4.81. The number of aryl methyl sites for hydroxylation is 2. The summed E-state index contributed by atoms with van der Waals surface area (Å²) in [6.07, 6.45) is 12.9. The number of hydrogen-bond acceptors (Lipinski definition) is 0. The monoisotopic (exact) mass is 647 g/mol. The van der Waals surface area contributed by atoms with Crippen LogP contribution in [0, 0.1) is 6.92 Å². The van der Waals surface area contributed by atoms with Crippen molar-refractivity contribution in [3.8, 4) is 22.5 Å². The van der Waals surface area contributed by atoms with E-state index in [1.54, 1.807) is 0 Å². The summed E-state index contributed by atoms with van der Waals surface area (Å²) in [6, 6.07) is 40.0. The van der Waals surface area contributed by atoms with E-state index in [2.05, 4.69) is 136 Å². The Hall–Kier alpha value is -5.28. The molecule has 4 aromatic carbocycles. The van der Waals surface area contributed by atoms with Crippen LogP contribution in [0.15, 0.2) is 122 Å². The summed E-state index contributed by atoms with van der Waals surface area (Å²) in [5, 5.41) is 5.56. The summed E-state index contributed by atoms with van der Waals surface area (Å²) in [4.78, 5) is 0. The quantitative estimate of drug-likeness (QED) is 0.157. The van der Waals surface area contributed by atoms with E-state index in [0.29, 0.717) is 11.8 Å². The highest BCUT2D eigenvalue weighted by atomic mass is 15.0. The number of allylic oxidation sites excluding steroid dienone is 1. The first-order valence-corrected chi connectivity index (χ1v) is 18.7. The molecule has 3 heteroatoms. The van der Waals surface area contributed by atoms with E-state index >= 15 is 0 Å². The Labute approximate surface area is 293 Å². The van der Waals surface area contributed by atoms with Crippen LogP contribution in [-0.2, 0) is 6.42 Å². The molecule has 242 valence electrons. The molecule has 50 heavy (non-hydrogen) atoms. The summed E-state index contributed by atoms with van der Waals surface area (Å²) in [7, 11) is 0. The molecule has 0 bridgehead atoms. The summed E-state index contributed by atoms with van der Waals surface area (Å²) in [6.45, 7) is 7.03. The SMILES string of the molecule is C=C1CC2C(CCc3cc4c(cc3-c3cccc[n+]31)c1cc(C3CCCC3)cc3c5ccccc5n4c31)c1ccccc1-c1ccc(C)c[n+]12. The van der Waals surface area contributed by atoms with Gasteiger partial charge in [-0.3, -0.25) is 0 Å². The summed E-state index contributed by atoms with van der Waals surface area (Å²) in [5.74, 6) is 1.04. The topological polar surface area (TPSA) is 12.2 Å². The van der Waals surface area contributed by atoms with E-state index in [4.69, 9.17) is 6.58 Å². The van der Waals surface area contributed by atoms with Crippen LogP contribution in [0.25, 0.3) is 66.3 Å². The van der Waals surface area contributed by atoms with Crippen LogP contribution in [0.1, 0.15) is 78.7 Å². The molecule has 3 aliphatic rings. The highest BCUT2D eigenvalue weighted by Crippen LogP contribution is 2.47. The Bertz CT molecular complexity index is 2690. The molecule has 1 aliphatic carbocycles. The molecular weight excluding hydrogens is 607 g/mol. The maximum Gasteiger partial charge on any atom is 0.218 e. The van der Waals surface area contributed by atoms with Gasteiger partial charge in [0.05, 0.1) is 28.5 Å². The molecule has 0 amide bonds. The first-order valence-electron chi connectivity index (χ1n) is 18.7. The van der Waals surface area contributed by atoms with Crippen molar-refractivity contribution in [2.45, 2.75) is 69.7 Å². The van der Waals surface area contributed by atoms with Gasteiger partial charge in [-0.05, 0) is 110 Å². The zero-order chi connectivity index (χ0) is 33.1. The lowest BCUT2D eigenvalue weighted by Crippen LogP contribution is -2.49. The lowest BCUT2D eigenvalue weighted by molar-refractivity contribution is -0.720.